The molecule has 2 aliphatic rings. The quantitative estimate of drug-likeness (QED) is 0.769. The van der Waals surface area contributed by atoms with E-state index in [9.17, 15) is 4.79 Å². The first-order valence-electron chi connectivity index (χ1n) is 11.2. The molecule has 8 heteroatoms. The lowest BCUT2D eigenvalue weighted by atomic mass is 9.91. The highest BCUT2D eigenvalue weighted by molar-refractivity contribution is 5.91. The Morgan fingerprint density at radius 2 is 1.74 bits per heavy atom. The van der Waals surface area contributed by atoms with Crippen molar-refractivity contribution in [3.05, 3.63) is 24.5 Å². The second-order valence-corrected chi connectivity index (χ2v) is 9.36. The maximum absolute atomic E-state index is 12.1. The van der Waals surface area contributed by atoms with Gasteiger partial charge in [0.15, 0.2) is 0 Å². The Bertz CT molecular complexity index is 900. The normalized spacial score (nSPS) is 22.2. The van der Waals surface area contributed by atoms with Crippen molar-refractivity contribution < 1.29 is 14.3 Å². The average Bonchev–Trinajstić information content (AvgIpc) is 2.74. The van der Waals surface area contributed by atoms with Crippen molar-refractivity contribution >= 4 is 28.5 Å². The molecule has 2 fully saturated rings. The van der Waals surface area contributed by atoms with E-state index in [1.54, 1.807) is 12.4 Å². The number of morpholine rings is 1. The fourth-order valence-corrected chi connectivity index (χ4v) is 4.25. The van der Waals surface area contributed by atoms with Crippen molar-refractivity contribution in [1.29, 1.82) is 0 Å². The minimum absolute atomic E-state index is 0.157. The molecular weight excluding hydrogens is 394 g/mol. The third-order valence-electron chi connectivity index (χ3n) is 5.74. The van der Waals surface area contributed by atoms with Gasteiger partial charge in [0.25, 0.3) is 0 Å². The third kappa shape index (κ3) is 5.76. The van der Waals surface area contributed by atoms with Gasteiger partial charge in [0.1, 0.15) is 11.1 Å². The summed E-state index contributed by atoms with van der Waals surface area (Å²) >= 11 is 0. The van der Waals surface area contributed by atoms with Gasteiger partial charge in [0, 0.05) is 43.3 Å². The Hall–Kier alpha value is -2.61. The van der Waals surface area contributed by atoms with E-state index in [1.807, 2.05) is 20.8 Å². The van der Waals surface area contributed by atoms with E-state index in [1.165, 1.54) is 0 Å². The van der Waals surface area contributed by atoms with E-state index in [0.717, 1.165) is 74.4 Å². The van der Waals surface area contributed by atoms with Crippen molar-refractivity contribution in [3.63, 3.8) is 0 Å². The van der Waals surface area contributed by atoms with Gasteiger partial charge in [-0.05, 0) is 58.6 Å². The van der Waals surface area contributed by atoms with Crippen LogP contribution in [0.25, 0.3) is 11.0 Å². The maximum atomic E-state index is 12.1. The number of nitrogens with one attached hydrogen (secondary N) is 2. The van der Waals surface area contributed by atoms with Crippen LogP contribution in [-0.4, -0.2) is 60.0 Å². The van der Waals surface area contributed by atoms with Crippen molar-refractivity contribution in [2.24, 2.45) is 0 Å². The van der Waals surface area contributed by atoms with Gasteiger partial charge < -0.3 is 25.0 Å². The first kappa shape index (κ1) is 21.6. The van der Waals surface area contributed by atoms with Gasteiger partial charge in [0.2, 0.25) is 0 Å². The summed E-state index contributed by atoms with van der Waals surface area (Å²) in [6, 6.07) is 4.79. The molecule has 2 heterocycles. The molecule has 2 N–H and O–H groups in total. The number of hydrogen-bond donors (Lipinski definition) is 2. The Morgan fingerprint density at radius 1 is 1.06 bits per heavy atom. The van der Waals surface area contributed by atoms with E-state index in [4.69, 9.17) is 9.47 Å². The molecule has 1 aliphatic carbocycles. The fourth-order valence-electron chi connectivity index (χ4n) is 4.25. The minimum atomic E-state index is -0.476. The molecule has 1 aromatic heterocycles. The molecule has 1 aromatic carbocycles. The number of anilines is 2. The van der Waals surface area contributed by atoms with E-state index in [2.05, 4.69) is 37.6 Å². The molecule has 1 amide bonds. The highest BCUT2D eigenvalue weighted by atomic mass is 16.6. The Kier molecular flexibility index (Phi) is 6.46. The zero-order chi connectivity index (χ0) is 21.8. The molecule has 0 atom stereocenters. The van der Waals surface area contributed by atoms with Crippen LogP contribution in [0, 0.1) is 0 Å². The number of alkyl carbamates (subject to hydrolysis) is 1. The number of amides is 1. The number of fused-ring (bicyclic) bond motifs is 1. The maximum Gasteiger partial charge on any atom is 0.407 e. The van der Waals surface area contributed by atoms with E-state index < -0.39 is 5.60 Å². The number of benzene rings is 1. The first-order chi connectivity index (χ1) is 14.9. The second-order valence-electron chi connectivity index (χ2n) is 9.36. The van der Waals surface area contributed by atoms with Crippen molar-refractivity contribution in [1.82, 2.24) is 15.3 Å². The zero-order valence-electron chi connectivity index (χ0n) is 18.7. The number of carbonyl (C=O) groups is 1. The molecule has 4 rings (SSSR count). The van der Waals surface area contributed by atoms with Crippen LogP contribution in [0.5, 0.6) is 0 Å². The van der Waals surface area contributed by atoms with Crippen LogP contribution in [0.1, 0.15) is 46.5 Å². The van der Waals surface area contributed by atoms with E-state index >= 15 is 0 Å². The highest BCUT2D eigenvalue weighted by Gasteiger charge is 2.25. The molecule has 2 aromatic rings. The van der Waals surface area contributed by atoms with Crippen LogP contribution in [0.2, 0.25) is 0 Å². The fraction of sp³-hybridized carbons (Fsp3) is 0.609. The summed E-state index contributed by atoms with van der Waals surface area (Å²) < 4.78 is 10.9. The molecule has 0 spiro atoms. The molecule has 0 bridgehead atoms. The molecule has 168 valence electrons. The van der Waals surface area contributed by atoms with Gasteiger partial charge in [-0.25, -0.2) is 4.79 Å². The predicted molar refractivity (Wildman–Crippen MR) is 122 cm³/mol. The van der Waals surface area contributed by atoms with Gasteiger partial charge in [-0.3, -0.25) is 9.97 Å². The lowest BCUT2D eigenvalue weighted by Gasteiger charge is -2.32. The lowest BCUT2D eigenvalue weighted by molar-refractivity contribution is 0.0492. The molecule has 1 aliphatic heterocycles. The summed E-state index contributed by atoms with van der Waals surface area (Å²) in [6.07, 6.45) is 6.94. The van der Waals surface area contributed by atoms with Crippen LogP contribution in [0.4, 0.5) is 16.2 Å². The number of ether oxygens (including phenoxy) is 2. The topological polar surface area (TPSA) is 88.6 Å². The monoisotopic (exact) mass is 427 g/mol. The predicted octanol–water partition coefficient (Wildman–Crippen LogP) is 3.71. The molecule has 1 saturated carbocycles. The van der Waals surface area contributed by atoms with E-state index in [0.29, 0.717) is 6.04 Å². The third-order valence-corrected chi connectivity index (χ3v) is 5.74. The summed E-state index contributed by atoms with van der Waals surface area (Å²) in [5.74, 6) is 0. The molecule has 0 unspecified atom stereocenters. The van der Waals surface area contributed by atoms with Crippen molar-refractivity contribution in [2.45, 2.75) is 64.1 Å². The van der Waals surface area contributed by atoms with Crippen LogP contribution in [0.15, 0.2) is 24.5 Å². The largest absolute Gasteiger partial charge is 0.444 e. The molecule has 8 nitrogen and oxygen atoms in total. The lowest BCUT2D eigenvalue weighted by Crippen LogP contribution is -2.42. The number of aromatic nitrogens is 2. The van der Waals surface area contributed by atoms with Crippen molar-refractivity contribution in [3.8, 4) is 0 Å². The number of rotatable bonds is 4. The molecule has 1 saturated heterocycles. The molecule has 0 radical (unpaired) electrons. The van der Waals surface area contributed by atoms with Crippen LogP contribution in [0.3, 0.4) is 0 Å². The number of hydrogen-bond acceptors (Lipinski definition) is 7. The Balaban J connectivity index is 1.41. The summed E-state index contributed by atoms with van der Waals surface area (Å²) in [4.78, 5) is 23.5. The smallest absolute Gasteiger partial charge is 0.407 e. The van der Waals surface area contributed by atoms with Gasteiger partial charge >= 0.3 is 6.09 Å². The standard InChI is InChI=1S/C23H33N5O3/c1-23(2,3)31-22(29)27-17-6-4-16(5-7-17)26-20-15-18(28-10-12-30-13-11-28)14-19-21(20)25-9-8-24-19/h8-9,14-17,26H,4-7,10-13H2,1-3H3,(H,27,29)/t16-,17+. The first-order valence-corrected chi connectivity index (χ1v) is 11.2. The summed E-state index contributed by atoms with van der Waals surface area (Å²) in [5.41, 5.74) is 3.49. The molecular formula is C23H33N5O3. The van der Waals surface area contributed by atoms with Crippen LogP contribution >= 0.6 is 0 Å². The number of nitrogens with zero attached hydrogens (tertiary/aromatic N) is 3. The van der Waals surface area contributed by atoms with Crippen molar-refractivity contribution in [2.75, 3.05) is 36.5 Å². The average molecular weight is 428 g/mol. The summed E-state index contributed by atoms with van der Waals surface area (Å²) in [7, 11) is 0. The van der Waals surface area contributed by atoms with Crippen LogP contribution < -0.4 is 15.5 Å². The summed E-state index contributed by atoms with van der Waals surface area (Å²) in [5, 5.41) is 6.72. The highest BCUT2D eigenvalue weighted by Crippen LogP contribution is 2.31. The Morgan fingerprint density at radius 3 is 2.45 bits per heavy atom. The van der Waals surface area contributed by atoms with Gasteiger partial charge in [0.05, 0.1) is 24.4 Å². The van der Waals surface area contributed by atoms with Gasteiger partial charge in [-0.1, -0.05) is 0 Å². The Labute approximate surface area is 183 Å². The summed E-state index contributed by atoms with van der Waals surface area (Å²) in [6.45, 7) is 8.90. The number of carbonyl (C=O) groups excluding carboxylic acids is 1. The minimum Gasteiger partial charge on any atom is -0.444 e. The van der Waals surface area contributed by atoms with Gasteiger partial charge in [-0.2, -0.15) is 0 Å². The second kappa shape index (κ2) is 9.26. The molecule has 31 heavy (non-hydrogen) atoms. The SMILES string of the molecule is CC(C)(C)OC(=O)N[C@H]1CC[C@@H](Nc2cc(N3CCOCC3)cc3nccnc23)CC1. The van der Waals surface area contributed by atoms with Gasteiger partial charge in [-0.15, -0.1) is 0 Å². The van der Waals surface area contributed by atoms with Crippen LogP contribution in [-0.2, 0) is 9.47 Å². The van der Waals surface area contributed by atoms with E-state index in [-0.39, 0.29) is 12.1 Å². The zero-order valence-corrected chi connectivity index (χ0v) is 18.7.